The lowest BCUT2D eigenvalue weighted by Gasteiger charge is -2.16. The summed E-state index contributed by atoms with van der Waals surface area (Å²) in [5.41, 5.74) is 0.894. The summed E-state index contributed by atoms with van der Waals surface area (Å²) in [4.78, 5) is 19.9. The number of hydrogen-bond donors (Lipinski definition) is 1. The number of aromatic nitrogens is 2. The maximum absolute atomic E-state index is 12.3. The Labute approximate surface area is 143 Å². The van der Waals surface area contributed by atoms with Gasteiger partial charge in [-0.05, 0) is 36.4 Å². The van der Waals surface area contributed by atoms with Crippen LogP contribution in [0.4, 0.5) is 11.5 Å². The molecule has 3 aromatic heterocycles. The summed E-state index contributed by atoms with van der Waals surface area (Å²) in [6.07, 6.45) is 4.09. The van der Waals surface area contributed by atoms with Crippen molar-refractivity contribution >= 4 is 28.7 Å². The molecule has 0 bridgehead atoms. The summed E-state index contributed by atoms with van der Waals surface area (Å²) in [7, 11) is 0. The van der Waals surface area contributed by atoms with Gasteiger partial charge in [0.15, 0.2) is 11.5 Å². The Morgan fingerprint density at radius 3 is 2.83 bits per heavy atom. The highest BCUT2D eigenvalue weighted by molar-refractivity contribution is 7.13. The maximum Gasteiger partial charge on any atom is 0.277 e. The molecular formula is C17H16N4O2S. The van der Waals surface area contributed by atoms with Gasteiger partial charge >= 0.3 is 0 Å². The fourth-order valence-electron chi connectivity index (χ4n) is 2.71. The summed E-state index contributed by atoms with van der Waals surface area (Å²) in [6.45, 7) is 2.09. The number of hydrogen-bond acceptors (Lipinski definition) is 6. The molecule has 1 aliphatic rings. The molecule has 1 aliphatic heterocycles. The molecule has 1 amide bonds. The molecule has 0 saturated carbocycles. The average Bonchev–Trinajstić information content (AvgIpc) is 3.35. The van der Waals surface area contributed by atoms with E-state index in [1.165, 1.54) is 24.2 Å². The van der Waals surface area contributed by atoms with Crippen LogP contribution in [0.3, 0.4) is 0 Å². The summed E-state index contributed by atoms with van der Waals surface area (Å²) in [5, 5.41) is 8.58. The van der Waals surface area contributed by atoms with Crippen LogP contribution in [0.25, 0.3) is 10.6 Å². The molecule has 0 unspecified atom stereocenters. The lowest BCUT2D eigenvalue weighted by Crippen LogP contribution is -2.19. The van der Waals surface area contributed by atoms with Gasteiger partial charge in [0.25, 0.3) is 5.91 Å². The second-order valence-electron chi connectivity index (χ2n) is 5.61. The highest BCUT2D eigenvalue weighted by atomic mass is 32.1. The van der Waals surface area contributed by atoms with Gasteiger partial charge in [-0.1, -0.05) is 11.2 Å². The van der Waals surface area contributed by atoms with Crippen molar-refractivity contribution < 1.29 is 9.32 Å². The Bertz CT molecular complexity index is 821. The molecule has 3 aromatic rings. The first-order chi connectivity index (χ1) is 11.8. The van der Waals surface area contributed by atoms with Crippen molar-refractivity contribution in [3.63, 3.8) is 0 Å². The van der Waals surface area contributed by atoms with Crippen LogP contribution in [0.5, 0.6) is 0 Å². The predicted octanol–water partition coefficient (Wildman–Crippen LogP) is 3.65. The highest BCUT2D eigenvalue weighted by Crippen LogP contribution is 2.25. The molecule has 0 spiro atoms. The molecular weight excluding hydrogens is 324 g/mol. The van der Waals surface area contributed by atoms with Gasteiger partial charge in [-0.3, -0.25) is 4.79 Å². The van der Waals surface area contributed by atoms with Crippen LogP contribution in [0.2, 0.25) is 0 Å². The first-order valence-electron chi connectivity index (χ1n) is 7.82. The fourth-order valence-corrected chi connectivity index (χ4v) is 3.38. The van der Waals surface area contributed by atoms with Crippen LogP contribution in [-0.4, -0.2) is 29.1 Å². The van der Waals surface area contributed by atoms with Crippen molar-refractivity contribution in [1.82, 2.24) is 10.1 Å². The van der Waals surface area contributed by atoms with Crippen molar-refractivity contribution in [2.45, 2.75) is 12.8 Å². The van der Waals surface area contributed by atoms with Gasteiger partial charge in [0.2, 0.25) is 0 Å². The number of pyridine rings is 1. The molecule has 4 rings (SSSR count). The molecule has 0 aliphatic carbocycles. The summed E-state index contributed by atoms with van der Waals surface area (Å²) >= 11 is 1.54. The first-order valence-corrected chi connectivity index (χ1v) is 8.70. The lowest BCUT2D eigenvalue weighted by molar-refractivity contribution is 0.101. The topological polar surface area (TPSA) is 71.3 Å². The van der Waals surface area contributed by atoms with Crippen LogP contribution in [0.15, 0.2) is 46.4 Å². The Balaban J connectivity index is 1.44. The van der Waals surface area contributed by atoms with Gasteiger partial charge in [-0.25, -0.2) is 4.98 Å². The molecule has 122 valence electrons. The number of amides is 1. The minimum absolute atomic E-state index is 0.252. The van der Waals surface area contributed by atoms with Gasteiger partial charge in [0.1, 0.15) is 5.82 Å². The average molecular weight is 340 g/mol. The van der Waals surface area contributed by atoms with Crippen LogP contribution in [-0.2, 0) is 0 Å². The zero-order valence-electron chi connectivity index (χ0n) is 12.9. The number of carbonyl (C=O) groups excluding carboxylic acids is 1. The molecule has 4 heterocycles. The Hall–Kier alpha value is -2.67. The lowest BCUT2D eigenvalue weighted by atomic mass is 10.3. The Kier molecular flexibility index (Phi) is 4.00. The number of thiophene rings is 1. The zero-order valence-corrected chi connectivity index (χ0v) is 13.8. The molecule has 1 saturated heterocycles. The molecule has 1 N–H and O–H groups in total. The van der Waals surface area contributed by atoms with E-state index >= 15 is 0 Å². The van der Waals surface area contributed by atoms with Gasteiger partial charge in [-0.15, -0.1) is 11.3 Å². The minimum Gasteiger partial charge on any atom is -0.357 e. The molecule has 24 heavy (non-hydrogen) atoms. The predicted molar refractivity (Wildman–Crippen MR) is 93.5 cm³/mol. The second kappa shape index (κ2) is 6.45. The summed E-state index contributed by atoms with van der Waals surface area (Å²) < 4.78 is 5.23. The van der Waals surface area contributed by atoms with Crippen LogP contribution >= 0.6 is 11.3 Å². The monoisotopic (exact) mass is 340 g/mol. The number of anilines is 2. The second-order valence-corrected chi connectivity index (χ2v) is 6.55. The van der Waals surface area contributed by atoms with E-state index in [4.69, 9.17) is 4.52 Å². The van der Waals surface area contributed by atoms with E-state index in [1.54, 1.807) is 12.3 Å². The largest absolute Gasteiger partial charge is 0.357 e. The normalized spacial score (nSPS) is 14.1. The third kappa shape index (κ3) is 3.03. The zero-order chi connectivity index (χ0) is 16.4. The third-order valence-electron chi connectivity index (χ3n) is 3.94. The quantitative estimate of drug-likeness (QED) is 0.785. The fraction of sp³-hybridized carbons (Fsp3) is 0.235. The summed E-state index contributed by atoms with van der Waals surface area (Å²) in [6, 6.07) is 9.29. The van der Waals surface area contributed by atoms with Gasteiger partial charge in [-0.2, -0.15) is 0 Å². The smallest absolute Gasteiger partial charge is 0.277 e. The van der Waals surface area contributed by atoms with Gasteiger partial charge < -0.3 is 14.7 Å². The molecule has 0 atom stereocenters. The summed E-state index contributed by atoms with van der Waals surface area (Å²) in [5.74, 6) is 1.24. The number of nitrogens with zero attached hydrogens (tertiary/aromatic N) is 3. The molecule has 6 nitrogen and oxygen atoms in total. The van der Waals surface area contributed by atoms with E-state index in [-0.39, 0.29) is 11.6 Å². The first kappa shape index (κ1) is 14.9. The minimum atomic E-state index is -0.308. The van der Waals surface area contributed by atoms with Crippen molar-refractivity contribution in [2.75, 3.05) is 23.3 Å². The van der Waals surface area contributed by atoms with Gasteiger partial charge in [0.05, 0.1) is 16.8 Å². The van der Waals surface area contributed by atoms with E-state index < -0.39 is 0 Å². The van der Waals surface area contributed by atoms with Crippen molar-refractivity contribution in [3.8, 4) is 10.6 Å². The Morgan fingerprint density at radius 1 is 1.25 bits per heavy atom. The molecule has 0 aromatic carbocycles. The van der Waals surface area contributed by atoms with Gasteiger partial charge in [0, 0.05) is 19.2 Å². The molecule has 7 heteroatoms. The van der Waals surface area contributed by atoms with Crippen molar-refractivity contribution in [1.29, 1.82) is 0 Å². The van der Waals surface area contributed by atoms with E-state index in [9.17, 15) is 4.79 Å². The van der Waals surface area contributed by atoms with E-state index in [0.29, 0.717) is 11.4 Å². The third-order valence-corrected chi connectivity index (χ3v) is 4.83. The standard InChI is InChI=1S/C17H16N4O2S/c22-17(13-10-14(23-20-13)15-4-3-9-24-15)19-12-5-6-16(18-11-12)21-7-1-2-8-21/h3-6,9-11H,1-2,7-8H2,(H,19,22). The van der Waals surface area contributed by atoms with Crippen LogP contribution < -0.4 is 10.2 Å². The number of nitrogens with one attached hydrogen (secondary N) is 1. The number of carbonyl (C=O) groups is 1. The van der Waals surface area contributed by atoms with E-state index in [2.05, 4.69) is 20.4 Å². The van der Waals surface area contributed by atoms with Crippen molar-refractivity contribution in [2.24, 2.45) is 0 Å². The van der Waals surface area contributed by atoms with E-state index in [1.807, 2.05) is 29.6 Å². The molecule has 1 fully saturated rings. The van der Waals surface area contributed by atoms with Crippen LogP contribution in [0, 0.1) is 0 Å². The Morgan fingerprint density at radius 2 is 2.12 bits per heavy atom. The SMILES string of the molecule is O=C(Nc1ccc(N2CCCC2)nc1)c1cc(-c2cccs2)on1. The molecule has 0 radical (unpaired) electrons. The maximum atomic E-state index is 12.3. The number of rotatable bonds is 4. The van der Waals surface area contributed by atoms with Crippen molar-refractivity contribution in [3.05, 3.63) is 47.6 Å². The van der Waals surface area contributed by atoms with Crippen LogP contribution in [0.1, 0.15) is 23.3 Å². The highest BCUT2D eigenvalue weighted by Gasteiger charge is 2.16. The van der Waals surface area contributed by atoms with E-state index in [0.717, 1.165) is 23.8 Å².